The highest BCUT2D eigenvalue weighted by Crippen LogP contribution is 2.18. The van der Waals surface area contributed by atoms with Crippen LogP contribution in [0.3, 0.4) is 0 Å². The molecular weight excluding hydrogens is 238 g/mol. The SMILES string of the molecule is CCNCCCNS(=O)(=O)N1CCCCC1C. The van der Waals surface area contributed by atoms with Gasteiger partial charge < -0.3 is 5.32 Å². The van der Waals surface area contributed by atoms with Gasteiger partial charge in [0.15, 0.2) is 0 Å². The number of nitrogens with one attached hydrogen (secondary N) is 2. The van der Waals surface area contributed by atoms with E-state index in [1.165, 1.54) is 0 Å². The smallest absolute Gasteiger partial charge is 0.279 e. The van der Waals surface area contributed by atoms with E-state index in [1.54, 1.807) is 4.31 Å². The average molecular weight is 263 g/mol. The molecule has 0 saturated carbocycles. The van der Waals surface area contributed by atoms with Crippen molar-refractivity contribution >= 4 is 10.2 Å². The van der Waals surface area contributed by atoms with Crippen LogP contribution in [0, 0.1) is 0 Å². The highest BCUT2D eigenvalue weighted by molar-refractivity contribution is 7.87. The molecule has 1 atom stereocenters. The van der Waals surface area contributed by atoms with Crippen LogP contribution in [0.25, 0.3) is 0 Å². The average Bonchev–Trinajstić information content (AvgIpc) is 2.29. The van der Waals surface area contributed by atoms with Gasteiger partial charge in [-0.15, -0.1) is 0 Å². The van der Waals surface area contributed by atoms with Crippen molar-refractivity contribution in [3.05, 3.63) is 0 Å². The van der Waals surface area contributed by atoms with Gasteiger partial charge in [-0.1, -0.05) is 13.3 Å². The Bertz CT molecular complexity index is 306. The first-order valence-corrected chi connectivity index (χ1v) is 7.99. The summed E-state index contributed by atoms with van der Waals surface area (Å²) in [5, 5.41) is 3.17. The van der Waals surface area contributed by atoms with E-state index >= 15 is 0 Å². The van der Waals surface area contributed by atoms with Crippen molar-refractivity contribution in [3.8, 4) is 0 Å². The summed E-state index contributed by atoms with van der Waals surface area (Å²) in [7, 11) is -3.26. The molecule has 0 amide bonds. The highest BCUT2D eigenvalue weighted by Gasteiger charge is 2.28. The third kappa shape index (κ3) is 4.91. The van der Waals surface area contributed by atoms with Gasteiger partial charge in [-0.3, -0.25) is 0 Å². The third-order valence-corrected chi connectivity index (χ3v) is 4.84. The maximum absolute atomic E-state index is 12.0. The summed E-state index contributed by atoms with van der Waals surface area (Å²) in [6, 6.07) is 0.134. The summed E-state index contributed by atoms with van der Waals surface area (Å²) in [5.41, 5.74) is 0. The molecule has 1 rings (SSSR count). The van der Waals surface area contributed by atoms with Crippen molar-refractivity contribution in [1.82, 2.24) is 14.3 Å². The molecule has 0 spiro atoms. The molecule has 0 aromatic carbocycles. The minimum absolute atomic E-state index is 0.134. The Morgan fingerprint density at radius 1 is 1.29 bits per heavy atom. The van der Waals surface area contributed by atoms with Crippen molar-refractivity contribution in [2.45, 2.75) is 45.6 Å². The van der Waals surface area contributed by atoms with Gasteiger partial charge in [0.2, 0.25) is 0 Å². The molecule has 2 N–H and O–H groups in total. The van der Waals surface area contributed by atoms with E-state index in [0.29, 0.717) is 13.1 Å². The first-order valence-electron chi connectivity index (χ1n) is 6.55. The second-order valence-electron chi connectivity index (χ2n) is 4.56. The van der Waals surface area contributed by atoms with E-state index in [9.17, 15) is 8.42 Å². The zero-order chi connectivity index (χ0) is 12.7. The normalized spacial score (nSPS) is 22.8. The van der Waals surface area contributed by atoms with Crippen molar-refractivity contribution in [2.75, 3.05) is 26.2 Å². The van der Waals surface area contributed by atoms with Crippen LogP contribution in [-0.2, 0) is 10.2 Å². The molecule has 17 heavy (non-hydrogen) atoms. The number of hydrogen-bond acceptors (Lipinski definition) is 3. The molecule has 1 unspecified atom stereocenters. The largest absolute Gasteiger partial charge is 0.317 e. The first-order chi connectivity index (χ1) is 8.08. The number of rotatable bonds is 7. The fourth-order valence-corrected chi connectivity index (χ4v) is 3.62. The molecule has 1 aliphatic heterocycles. The Morgan fingerprint density at radius 2 is 2.06 bits per heavy atom. The van der Waals surface area contributed by atoms with Crippen LogP contribution in [0.5, 0.6) is 0 Å². The monoisotopic (exact) mass is 263 g/mol. The lowest BCUT2D eigenvalue weighted by molar-refractivity contribution is 0.265. The lowest BCUT2D eigenvalue weighted by Crippen LogP contribution is -2.48. The van der Waals surface area contributed by atoms with Crippen molar-refractivity contribution in [1.29, 1.82) is 0 Å². The van der Waals surface area contributed by atoms with Gasteiger partial charge in [0, 0.05) is 19.1 Å². The van der Waals surface area contributed by atoms with Gasteiger partial charge >= 0.3 is 0 Å². The van der Waals surface area contributed by atoms with Crippen LogP contribution in [0.4, 0.5) is 0 Å². The van der Waals surface area contributed by atoms with Crippen molar-refractivity contribution in [3.63, 3.8) is 0 Å². The molecule has 1 aliphatic rings. The minimum Gasteiger partial charge on any atom is -0.317 e. The van der Waals surface area contributed by atoms with Gasteiger partial charge in [-0.25, -0.2) is 4.72 Å². The molecule has 0 aromatic heterocycles. The van der Waals surface area contributed by atoms with Crippen LogP contribution in [0.1, 0.15) is 39.5 Å². The maximum atomic E-state index is 12.0. The van der Waals surface area contributed by atoms with Gasteiger partial charge in [-0.2, -0.15) is 12.7 Å². The highest BCUT2D eigenvalue weighted by atomic mass is 32.2. The number of piperidine rings is 1. The Morgan fingerprint density at radius 3 is 2.71 bits per heavy atom. The molecule has 0 aromatic rings. The van der Waals surface area contributed by atoms with Crippen LogP contribution in [-0.4, -0.2) is 44.9 Å². The molecule has 5 nitrogen and oxygen atoms in total. The van der Waals surface area contributed by atoms with Gasteiger partial charge in [0.1, 0.15) is 0 Å². The molecule has 1 saturated heterocycles. The Balaban J connectivity index is 2.34. The van der Waals surface area contributed by atoms with Crippen molar-refractivity contribution in [2.24, 2.45) is 0 Å². The minimum atomic E-state index is -3.26. The lowest BCUT2D eigenvalue weighted by atomic mass is 10.1. The van der Waals surface area contributed by atoms with E-state index < -0.39 is 10.2 Å². The topological polar surface area (TPSA) is 61.4 Å². The third-order valence-electron chi connectivity index (χ3n) is 3.12. The fourth-order valence-electron chi connectivity index (χ4n) is 2.10. The standard InChI is InChI=1S/C11H25N3O2S/c1-3-12-8-6-9-13-17(15,16)14-10-5-4-7-11(14)2/h11-13H,3-10H2,1-2H3. The van der Waals surface area contributed by atoms with E-state index in [-0.39, 0.29) is 6.04 Å². The number of nitrogens with zero attached hydrogens (tertiary/aromatic N) is 1. The molecule has 0 aliphatic carbocycles. The van der Waals surface area contributed by atoms with Gasteiger partial charge in [-0.05, 0) is 39.3 Å². The summed E-state index contributed by atoms with van der Waals surface area (Å²) in [6.45, 7) is 6.98. The lowest BCUT2D eigenvalue weighted by Gasteiger charge is -2.32. The second-order valence-corrected chi connectivity index (χ2v) is 6.27. The molecule has 0 bridgehead atoms. The molecule has 0 radical (unpaired) electrons. The van der Waals surface area contributed by atoms with Gasteiger partial charge in [0.25, 0.3) is 10.2 Å². The maximum Gasteiger partial charge on any atom is 0.279 e. The van der Waals surface area contributed by atoms with Crippen LogP contribution >= 0.6 is 0 Å². The van der Waals surface area contributed by atoms with Crippen LogP contribution < -0.4 is 10.0 Å². The first kappa shape index (κ1) is 14.9. The van der Waals surface area contributed by atoms with Crippen molar-refractivity contribution < 1.29 is 8.42 Å². The van der Waals surface area contributed by atoms with E-state index in [2.05, 4.69) is 10.0 Å². The summed E-state index contributed by atoms with van der Waals surface area (Å²) in [6.07, 6.45) is 3.91. The van der Waals surface area contributed by atoms with E-state index in [1.807, 2.05) is 13.8 Å². The zero-order valence-electron chi connectivity index (χ0n) is 10.9. The van der Waals surface area contributed by atoms with Crippen LogP contribution in [0.15, 0.2) is 0 Å². The molecule has 102 valence electrons. The Labute approximate surface area is 105 Å². The second kappa shape index (κ2) is 7.31. The molecule has 1 heterocycles. The van der Waals surface area contributed by atoms with Crippen LogP contribution in [0.2, 0.25) is 0 Å². The summed E-state index contributed by atoms with van der Waals surface area (Å²) in [5.74, 6) is 0. The quantitative estimate of drug-likeness (QED) is 0.665. The predicted octanol–water partition coefficient (Wildman–Crippen LogP) is 0.695. The number of hydrogen-bond donors (Lipinski definition) is 2. The predicted molar refractivity (Wildman–Crippen MR) is 70.1 cm³/mol. The Kier molecular flexibility index (Phi) is 6.40. The fraction of sp³-hybridized carbons (Fsp3) is 1.00. The molecule has 6 heteroatoms. The molecule has 1 fully saturated rings. The molecular formula is C11H25N3O2S. The van der Waals surface area contributed by atoms with E-state index in [0.717, 1.165) is 38.8 Å². The summed E-state index contributed by atoms with van der Waals surface area (Å²) in [4.78, 5) is 0. The van der Waals surface area contributed by atoms with Gasteiger partial charge in [0.05, 0.1) is 0 Å². The van der Waals surface area contributed by atoms with E-state index in [4.69, 9.17) is 0 Å². The zero-order valence-corrected chi connectivity index (χ0v) is 11.7. The summed E-state index contributed by atoms with van der Waals surface area (Å²) < 4.78 is 28.3. The Hall–Kier alpha value is -0.170. The summed E-state index contributed by atoms with van der Waals surface area (Å²) >= 11 is 0.